The quantitative estimate of drug-likeness (QED) is 0.647. The molecule has 0 spiro atoms. The van der Waals surface area contributed by atoms with Crippen LogP contribution in [0.4, 0.5) is 0 Å². The summed E-state index contributed by atoms with van der Waals surface area (Å²) >= 11 is 11.9. The normalized spacial score (nSPS) is 19.8. The van der Waals surface area contributed by atoms with Gasteiger partial charge < -0.3 is 5.11 Å². The number of nitrogens with zero attached hydrogens (tertiary/aromatic N) is 1. The maximum atomic E-state index is 12.2. The second-order valence-electron chi connectivity index (χ2n) is 5.49. The van der Waals surface area contributed by atoms with Crippen LogP contribution in [0.5, 0.6) is 5.75 Å². The third-order valence-electron chi connectivity index (χ3n) is 3.76. The van der Waals surface area contributed by atoms with Crippen molar-refractivity contribution in [3.05, 3.63) is 64.7 Å². The average molecular weight is 365 g/mol. The summed E-state index contributed by atoms with van der Waals surface area (Å²) in [6.07, 6.45) is 0.112. The van der Waals surface area contributed by atoms with Crippen LogP contribution in [0.3, 0.4) is 0 Å². The molecule has 0 bridgehead atoms. The molecule has 1 heterocycles. The van der Waals surface area contributed by atoms with E-state index in [1.54, 1.807) is 36.4 Å². The van der Waals surface area contributed by atoms with Crippen molar-refractivity contribution >= 4 is 35.0 Å². The van der Waals surface area contributed by atoms with Gasteiger partial charge in [0.2, 0.25) is 5.91 Å². The Morgan fingerprint density at radius 2 is 1.92 bits per heavy atom. The zero-order valence-corrected chi connectivity index (χ0v) is 14.0. The fourth-order valence-corrected chi connectivity index (χ4v) is 3.06. The van der Waals surface area contributed by atoms with Crippen molar-refractivity contribution in [1.82, 2.24) is 10.4 Å². The van der Waals surface area contributed by atoms with Gasteiger partial charge in [-0.2, -0.15) is 0 Å². The van der Waals surface area contributed by atoms with Gasteiger partial charge in [0.1, 0.15) is 17.2 Å². The maximum Gasteiger partial charge on any atom is 0.262 e. The Labute approximate surface area is 148 Å². The molecular weight excluding hydrogens is 351 g/mol. The fraction of sp³-hybridized carbons (Fsp3) is 0.176. The van der Waals surface area contributed by atoms with Crippen LogP contribution >= 0.6 is 23.2 Å². The molecule has 1 aliphatic rings. The lowest BCUT2D eigenvalue weighted by Crippen LogP contribution is -2.63. The van der Waals surface area contributed by atoms with Gasteiger partial charge in [0, 0.05) is 5.02 Å². The number of nitrogens with one attached hydrogen (secondary N) is 1. The summed E-state index contributed by atoms with van der Waals surface area (Å²) in [5.41, 5.74) is 4.01. The number of benzene rings is 2. The Balaban J connectivity index is 1.69. The molecule has 2 aromatic rings. The van der Waals surface area contributed by atoms with Crippen molar-refractivity contribution in [2.24, 2.45) is 0 Å². The van der Waals surface area contributed by atoms with E-state index >= 15 is 0 Å². The molecule has 2 N–H and O–H groups in total. The molecule has 2 atom stereocenters. The number of phenols is 1. The van der Waals surface area contributed by atoms with Crippen LogP contribution in [0.1, 0.15) is 17.2 Å². The van der Waals surface area contributed by atoms with Gasteiger partial charge in [-0.05, 0) is 35.4 Å². The number of rotatable bonds is 4. The lowest BCUT2D eigenvalue weighted by Gasteiger charge is -2.44. The monoisotopic (exact) mass is 364 g/mol. The van der Waals surface area contributed by atoms with E-state index in [1.807, 2.05) is 0 Å². The smallest absolute Gasteiger partial charge is 0.262 e. The summed E-state index contributed by atoms with van der Waals surface area (Å²) in [7, 11) is 0. The highest BCUT2D eigenvalue weighted by atomic mass is 35.5. The number of carbonyl (C=O) groups excluding carboxylic acids is 2. The fourth-order valence-electron chi connectivity index (χ4n) is 2.57. The molecule has 2 aromatic carbocycles. The lowest BCUT2D eigenvalue weighted by atomic mass is 9.95. The number of carbonyl (C=O) groups is 2. The maximum absolute atomic E-state index is 12.2. The number of hydrazine groups is 1. The van der Waals surface area contributed by atoms with Crippen LogP contribution in [0, 0.1) is 0 Å². The first kappa shape index (κ1) is 16.6. The molecular formula is C17H14Cl2N2O3. The molecule has 24 heavy (non-hydrogen) atoms. The lowest BCUT2D eigenvalue weighted by molar-refractivity contribution is -0.156. The van der Waals surface area contributed by atoms with Crippen LogP contribution in [0.15, 0.2) is 48.5 Å². The van der Waals surface area contributed by atoms with E-state index in [4.69, 9.17) is 23.2 Å². The minimum Gasteiger partial charge on any atom is -0.508 e. The van der Waals surface area contributed by atoms with Crippen molar-refractivity contribution in [3.8, 4) is 5.75 Å². The van der Waals surface area contributed by atoms with Crippen molar-refractivity contribution in [2.75, 3.05) is 0 Å². The van der Waals surface area contributed by atoms with E-state index < -0.39 is 11.4 Å². The second-order valence-corrected chi connectivity index (χ2v) is 6.39. The predicted molar refractivity (Wildman–Crippen MR) is 90.6 cm³/mol. The van der Waals surface area contributed by atoms with Gasteiger partial charge in [-0.3, -0.25) is 15.0 Å². The van der Waals surface area contributed by atoms with E-state index in [9.17, 15) is 14.7 Å². The standard InChI is InChI=1S/C17H14Cl2N2O3/c18-12-6-4-10(5-7-12)8-14(23)20-21-16(15(19)17(21)24)11-2-1-3-13(22)9-11/h1-7,9,15-16,22H,8H2,(H,20,23). The number of hydrogen-bond acceptors (Lipinski definition) is 3. The highest BCUT2D eigenvalue weighted by Crippen LogP contribution is 2.37. The molecule has 0 aromatic heterocycles. The van der Waals surface area contributed by atoms with Crippen LogP contribution in [-0.4, -0.2) is 27.3 Å². The Bertz CT molecular complexity index is 780. The number of hydrogen-bond donors (Lipinski definition) is 2. The van der Waals surface area contributed by atoms with Gasteiger partial charge in [-0.25, -0.2) is 5.01 Å². The summed E-state index contributed by atoms with van der Waals surface area (Å²) in [5, 5.41) is 10.6. The van der Waals surface area contributed by atoms with E-state index in [0.717, 1.165) is 5.56 Å². The van der Waals surface area contributed by atoms with Crippen LogP contribution in [-0.2, 0) is 16.0 Å². The first-order chi connectivity index (χ1) is 11.5. The third kappa shape index (κ3) is 3.32. The minimum atomic E-state index is -0.775. The molecule has 124 valence electrons. The highest BCUT2D eigenvalue weighted by molar-refractivity contribution is 6.33. The first-order valence-electron chi connectivity index (χ1n) is 7.25. The number of halogens is 2. The molecule has 0 radical (unpaired) electrons. The van der Waals surface area contributed by atoms with Crippen LogP contribution < -0.4 is 5.43 Å². The summed E-state index contributed by atoms with van der Waals surface area (Å²) < 4.78 is 0. The summed E-state index contributed by atoms with van der Waals surface area (Å²) in [6.45, 7) is 0. The molecule has 1 aliphatic heterocycles. The van der Waals surface area contributed by atoms with Crippen LogP contribution in [0.2, 0.25) is 5.02 Å². The summed E-state index contributed by atoms with van der Waals surface area (Å²) in [5.74, 6) is -0.642. The van der Waals surface area contributed by atoms with E-state index in [1.165, 1.54) is 17.1 Å². The van der Waals surface area contributed by atoms with Gasteiger partial charge in [0.05, 0.1) is 6.42 Å². The largest absolute Gasteiger partial charge is 0.508 e. The zero-order valence-electron chi connectivity index (χ0n) is 12.4. The number of phenolic OH excluding ortho intramolecular Hbond substituents is 1. The van der Waals surface area contributed by atoms with Crippen molar-refractivity contribution in [3.63, 3.8) is 0 Å². The second kappa shape index (κ2) is 6.71. The Morgan fingerprint density at radius 1 is 1.21 bits per heavy atom. The topological polar surface area (TPSA) is 69.6 Å². The average Bonchev–Trinajstić information content (AvgIpc) is 2.56. The molecule has 2 unspecified atom stereocenters. The van der Waals surface area contributed by atoms with Gasteiger partial charge in [0.15, 0.2) is 0 Å². The van der Waals surface area contributed by atoms with Crippen molar-refractivity contribution in [1.29, 1.82) is 0 Å². The van der Waals surface area contributed by atoms with Gasteiger partial charge in [-0.15, -0.1) is 11.6 Å². The molecule has 1 fully saturated rings. The first-order valence-corrected chi connectivity index (χ1v) is 8.07. The molecule has 0 saturated carbocycles. The minimum absolute atomic E-state index is 0.0724. The molecule has 5 nitrogen and oxygen atoms in total. The van der Waals surface area contributed by atoms with E-state index in [2.05, 4.69) is 5.43 Å². The van der Waals surface area contributed by atoms with Gasteiger partial charge >= 0.3 is 0 Å². The number of aromatic hydroxyl groups is 1. The van der Waals surface area contributed by atoms with Crippen molar-refractivity contribution in [2.45, 2.75) is 17.8 Å². The van der Waals surface area contributed by atoms with Crippen LogP contribution in [0.25, 0.3) is 0 Å². The Morgan fingerprint density at radius 3 is 2.58 bits per heavy atom. The Hall–Kier alpha value is -2.24. The van der Waals surface area contributed by atoms with Gasteiger partial charge in [0.25, 0.3) is 5.91 Å². The molecule has 7 heteroatoms. The molecule has 0 aliphatic carbocycles. The van der Waals surface area contributed by atoms with Gasteiger partial charge in [-0.1, -0.05) is 35.9 Å². The number of alkyl halides is 1. The predicted octanol–water partition coefficient (Wildman–Crippen LogP) is 2.81. The third-order valence-corrected chi connectivity index (χ3v) is 4.44. The van der Waals surface area contributed by atoms with E-state index in [-0.39, 0.29) is 24.0 Å². The molecule has 1 saturated heterocycles. The molecule has 3 rings (SSSR count). The SMILES string of the molecule is O=C(Cc1ccc(Cl)cc1)NN1C(=O)C(Cl)C1c1cccc(O)c1. The number of amides is 2. The van der Waals surface area contributed by atoms with Crippen molar-refractivity contribution < 1.29 is 14.7 Å². The Kier molecular flexibility index (Phi) is 4.64. The number of β-lactam (4-membered cyclic amide) rings is 1. The summed E-state index contributed by atoms with van der Waals surface area (Å²) in [4.78, 5) is 24.1. The summed E-state index contributed by atoms with van der Waals surface area (Å²) in [6, 6.07) is 12.8. The zero-order chi connectivity index (χ0) is 17.3. The highest BCUT2D eigenvalue weighted by Gasteiger charge is 2.48. The van der Waals surface area contributed by atoms with E-state index in [0.29, 0.717) is 10.6 Å². The molecule has 2 amide bonds.